The number of nitrogens with zero attached hydrogens (tertiary/aromatic N) is 1. The van der Waals surface area contributed by atoms with Crippen molar-refractivity contribution in [1.29, 1.82) is 5.26 Å². The Morgan fingerprint density at radius 1 is 1.29 bits per heavy atom. The molecule has 1 unspecified atom stereocenters. The molecular formula is C18H19ClN3OS+. The molecule has 0 saturated heterocycles. The third kappa shape index (κ3) is 4.28. The number of pyridine rings is 1. The summed E-state index contributed by atoms with van der Waals surface area (Å²) in [4.78, 5) is 15.6. The normalized spacial score (nSPS) is 11.7. The number of H-pyrrole nitrogens is 1. The number of anilines is 1. The van der Waals surface area contributed by atoms with E-state index in [2.05, 4.69) is 16.4 Å². The largest absolute Gasteiger partial charge is 0.325 e. The van der Waals surface area contributed by atoms with Gasteiger partial charge < -0.3 is 5.32 Å². The Morgan fingerprint density at radius 2 is 2.00 bits per heavy atom. The highest BCUT2D eigenvalue weighted by molar-refractivity contribution is 8.00. The van der Waals surface area contributed by atoms with Crippen LogP contribution >= 0.6 is 23.4 Å². The van der Waals surface area contributed by atoms with Crippen molar-refractivity contribution < 1.29 is 9.78 Å². The van der Waals surface area contributed by atoms with Gasteiger partial charge in [0.2, 0.25) is 5.91 Å². The second kappa shape index (κ2) is 7.69. The molecule has 1 atom stereocenters. The first-order valence-electron chi connectivity index (χ1n) is 7.49. The van der Waals surface area contributed by atoms with Gasteiger partial charge in [0.05, 0.1) is 5.25 Å². The van der Waals surface area contributed by atoms with Crippen LogP contribution in [-0.4, -0.2) is 11.2 Å². The van der Waals surface area contributed by atoms with E-state index in [1.54, 1.807) is 6.07 Å². The summed E-state index contributed by atoms with van der Waals surface area (Å²) in [5.74, 6) is -0.142. The Labute approximate surface area is 151 Å². The molecule has 0 saturated carbocycles. The number of nitrogens with one attached hydrogen (secondary N) is 2. The van der Waals surface area contributed by atoms with Crippen molar-refractivity contribution in [3.05, 3.63) is 51.7 Å². The number of hydrogen-bond donors (Lipinski definition) is 1. The summed E-state index contributed by atoms with van der Waals surface area (Å²) in [6.45, 7) is 7.54. The highest BCUT2D eigenvalue weighted by atomic mass is 35.5. The fourth-order valence-electron chi connectivity index (χ4n) is 2.23. The van der Waals surface area contributed by atoms with E-state index in [0.29, 0.717) is 21.3 Å². The number of amides is 1. The maximum absolute atomic E-state index is 12.4. The number of rotatable bonds is 4. The molecule has 2 rings (SSSR count). The zero-order chi connectivity index (χ0) is 17.9. The van der Waals surface area contributed by atoms with Crippen LogP contribution < -0.4 is 10.3 Å². The lowest BCUT2D eigenvalue weighted by Crippen LogP contribution is -2.25. The molecule has 2 N–H and O–H groups in total. The van der Waals surface area contributed by atoms with Gasteiger partial charge in [-0.15, -0.1) is 0 Å². The van der Waals surface area contributed by atoms with Gasteiger partial charge in [-0.3, -0.25) is 4.79 Å². The summed E-state index contributed by atoms with van der Waals surface area (Å²) >= 11 is 7.42. The van der Waals surface area contributed by atoms with Gasteiger partial charge in [0, 0.05) is 23.7 Å². The maximum Gasteiger partial charge on any atom is 0.257 e. The minimum atomic E-state index is -0.366. The highest BCUT2D eigenvalue weighted by Crippen LogP contribution is 2.26. The lowest BCUT2D eigenvalue weighted by molar-refractivity contribution is -0.435. The number of nitriles is 1. The summed E-state index contributed by atoms with van der Waals surface area (Å²) in [6, 6.07) is 9.53. The predicted molar refractivity (Wildman–Crippen MR) is 97.3 cm³/mol. The molecule has 24 heavy (non-hydrogen) atoms. The zero-order valence-electron chi connectivity index (χ0n) is 14.0. The van der Waals surface area contributed by atoms with Crippen LogP contribution in [0.3, 0.4) is 0 Å². The van der Waals surface area contributed by atoms with Crippen molar-refractivity contribution in [2.75, 3.05) is 5.32 Å². The molecule has 0 spiro atoms. The first-order chi connectivity index (χ1) is 11.3. The van der Waals surface area contributed by atoms with E-state index in [9.17, 15) is 10.1 Å². The Morgan fingerprint density at radius 3 is 2.62 bits per heavy atom. The topological polar surface area (TPSA) is 67.0 Å². The van der Waals surface area contributed by atoms with Gasteiger partial charge >= 0.3 is 0 Å². The first-order valence-corrected chi connectivity index (χ1v) is 8.75. The molecule has 1 aromatic heterocycles. The van der Waals surface area contributed by atoms with Crippen LogP contribution in [0.5, 0.6) is 0 Å². The monoisotopic (exact) mass is 360 g/mol. The number of aryl methyl sites for hydroxylation is 3. The number of halogens is 1. The van der Waals surface area contributed by atoms with E-state index < -0.39 is 0 Å². The van der Waals surface area contributed by atoms with Crippen LogP contribution in [0.15, 0.2) is 29.3 Å². The predicted octanol–water partition coefficient (Wildman–Crippen LogP) is 4.07. The minimum Gasteiger partial charge on any atom is -0.325 e. The molecule has 1 aromatic carbocycles. The SMILES string of the molecule is Cc1cc(C)c(C#N)c(SC(C)C(=O)Nc2ccc(C)c(Cl)c2)[nH+]1. The number of carbonyl (C=O) groups is 1. The average Bonchev–Trinajstić information content (AvgIpc) is 2.50. The summed E-state index contributed by atoms with van der Waals surface area (Å²) < 4.78 is 0. The first kappa shape index (κ1) is 18.3. The Hall–Kier alpha value is -2.03. The van der Waals surface area contributed by atoms with E-state index in [0.717, 1.165) is 16.8 Å². The lowest BCUT2D eigenvalue weighted by atomic mass is 10.1. The average molecular weight is 361 g/mol. The van der Waals surface area contributed by atoms with Crippen LogP contribution in [-0.2, 0) is 4.79 Å². The van der Waals surface area contributed by atoms with Crippen molar-refractivity contribution in [2.45, 2.75) is 38.0 Å². The number of aromatic nitrogens is 1. The number of aromatic amines is 1. The second-order valence-electron chi connectivity index (χ2n) is 5.66. The van der Waals surface area contributed by atoms with Crippen LogP contribution in [0.2, 0.25) is 5.02 Å². The Kier molecular flexibility index (Phi) is 5.87. The number of benzene rings is 1. The van der Waals surface area contributed by atoms with Crippen LogP contribution in [0.1, 0.15) is 29.3 Å². The molecule has 0 aliphatic carbocycles. The summed E-state index contributed by atoms with van der Waals surface area (Å²) in [7, 11) is 0. The molecule has 1 heterocycles. The molecule has 6 heteroatoms. The second-order valence-corrected chi connectivity index (χ2v) is 7.42. The molecule has 2 aromatic rings. The molecule has 124 valence electrons. The van der Waals surface area contributed by atoms with E-state index in [-0.39, 0.29) is 11.2 Å². The van der Waals surface area contributed by atoms with Gasteiger partial charge in [-0.25, -0.2) is 4.98 Å². The van der Waals surface area contributed by atoms with Gasteiger partial charge in [0.1, 0.15) is 11.6 Å². The third-order valence-corrected chi connectivity index (χ3v) is 5.10. The smallest absolute Gasteiger partial charge is 0.257 e. The number of carbonyl (C=O) groups excluding carboxylic acids is 1. The highest BCUT2D eigenvalue weighted by Gasteiger charge is 2.23. The quantitative estimate of drug-likeness (QED) is 0.835. The molecule has 0 fully saturated rings. The number of thioether (sulfide) groups is 1. The van der Waals surface area contributed by atoms with Crippen molar-refractivity contribution in [3.63, 3.8) is 0 Å². The third-order valence-electron chi connectivity index (χ3n) is 3.58. The van der Waals surface area contributed by atoms with Gasteiger partial charge in [-0.2, -0.15) is 5.26 Å². The molecular weight excluding hydrogens is 342 g/mol. The Bertz CT molecular complexity index is 830. The maximum atomic E-state index is 12.4. The van der Waals surface area contributed by atoms with E-state index in [4.69, 9.17) is 11.6 Å². The van der Waals surface area contributed by atoms with Crippen molar-refractivity contribution in [3.8, 4) is 6.07 Å². The van der Waals surface area contributed by atoms with E-state index in [1.165, 1.54) is 11.8 Å². The van der Waals surface area contributed by atoms with Crippen LogP contribution in [0.4, 0.5) is 5.69 Å². The molecule has 0 aliphatic rings. The van der Waals surface area contributed by atoms with Gasteiger partial charge in [-0.1, -0.05) is 17.7 Å². The summed E-state index contributed by atoms with van der Waals surface area (Å²) in [6.07, 6.45) is 0. The van der Waals surface area contributed by atoms with Crippen molar-refractivity contribution >= 4 is 35.0 Å². The zero-order valence-corrected chi connectivity index (χ0v) is 15.6. The van der Waals surface area contributed by atoms with Crippen molar-refractivity contribution in [1.82, 2.24) is 0 Å². The molecule has 4 nitrogen and oxygen atoms in total. The van der Waals surface area contributed by atoms with Gasteiger partial charge in [0.15, 0.2) is 5.69 Å². The minimum absolute atomic E-state index is 0.142. The fraction of sp³-hybridized carbons (Fsp3) is 0.278. The molecule has 0 radical (unpaired) electrons. The summed E-state index contributed by atoms with van der Waals surface area (Å²) in [5.41, 5.74) is 4.04. The summed E-state index contributed by atoms with van der Waals surface area (Å²) in [5, 5.41) is 13.1. The van der Waals surface area contributed by atoms with Crippen molar-refractivity contribution in [2.24, 2.45) is 0 Å². The molecule has 1 amide bonds. The lowest BCUT2D eigenvalue weighted by Gasteiger charge is -2.11. The number of hydrogen-bond acceptors (Lipinski definition) is 3. The molecule has 0 bridgehead atoms. The van der Waals surface area contributed by atoms with Gasteiger partial charge in [0.25, 0.3) is 5.03 Å². The molecule has 0 aliphatic heterocycles. The standard InChI is InChI=1S/C18H18ClN3OS/c1-10-5-6-14(8-16(10)19)22-17(23)13(4)24-18-15(9-20)11(2)7-12(3)21-18/h5-8,13H,1-4H3,(H,22,23)/p+1. The van der Waals surface area contributed by atoms with Crippen LogP contribution in [0.25, 0.3) is 0 Å². The van der Waals surface area contributed by atoms with E-state index in [1.807, 2.05) is 45.9 Å². The fourth-order valence-corrected chi connectivity index (χ4v) is 3.47. The van der Waals surface area contributed by atoms with E-state index >= 15 is 0 Å². The van der Waals surface area contributed by atoms with Gasteiger partial charge in [-0.05, 0) is 55.8 Å². The van der Waals surface area contributed by atoms with Crippen LogP contribution in [0, 0.1) is 32.1 Å². The Balaban J connectivity index is 2.15.